The number of nitrogens with one attached hydrogen (secondary N) is 1. The Hall–Kier alpha value is -1.41. The first-order valence-electron chi connectivity index (χ1n) is 9.19. The molecule has 3 rings (SSSR count). The van der Waals surface area contributed by atoms with Gasteiger partial charge in [0.25, 0.3) is 0 Å². The highest BCUT2D eigenvalue weighted by Gasteiger charge is 2.32. The van der Waals surface area contributed by atoms with E-state index in [4.69, 9.17) is 0 Å². The van der Waals surface area contributed by atoms with Crippen molar-refractivity contribution in [2.75, 3.05) is 26.2 Å². The van der Waals surface area contributed by atoms with Gasteiger partial charge in [-0.25, -0.2) is 8.42 Å². The van der Waals surface area contributed by atoms with Gasteiger partial charge in [0.2, 0.25) is 15.9 Å². The van der Waals surface area contributed by atoms with E-state index in [0.29, 0.717) is 56.3 Å². The normalized spacial score (nSPS) is 20.8. The van der Waals surface area contributed by atoms with Crippen molar-refractivity contribution in [2.45, 2.75) is 57.3 Å². The van der Waals surface area contributed by atoms with Gasteiger partial charge < -0.3 is 4.90 Å². The third-order valence-electron chi connectivity index (χ3n) is 5.40. The Bertz CT molecular complexity index is 703. The van der Waals surface area contributed by atoms with Gasteiger partial charge in [-0.2, -0.15) is 9.40 Å². The van der Waals surface area contributed by atoms with Crippen LogP contribution in [0.5, 0.6) is 0 Å². The molecule has 0 radical (unpaired) electrons. The molecule has 140 valence electrons. The highest BCUT2D eigenvalue weighted by Crippen LogP contribution is 2.28. The Kier molecular flexibility index (Phi) is 5.48. The van der Waals surface area contributed by atoms with Crippen LogP contribution >= 0.6 is 0 Å². The molecule has 8 heteroatoms. The maximum Gasteiger partial charge on any atom is 0.246 e. The number of aromatic amines is 1. The number of rotatable bonds is 4. The van der Waals surface area contributed by atoms with Crippen molar-refractivity contribution in [1.29, 1.82) is 0 Å². The van der Waals surface area contributed by atoms with E-state index in [1.807, 2.05) is 4.90 Å². The Morgan fingerprint density at radius 3 is 2.48 bits per heavy atom. The highest BCUT2D eigenvalue weighted by molar-refractivity contribution is 7.89. The Balaban J connectivity index is 1.66. The minimum atomic E-state index is -3.57. The van der Waals surface area contributed by atoms with Crippen molar-refractivity contribution < 1.29 is 13.2 Å². The number of H-pyrrole nitrogens is 1. The van der Waals surface area contributed by atoms with E-state index in [0.717, 1.165) is 12.8 Å². The number of carbonyl (C=O) groups excluding carboxylic acids is 1. The summed E-state index contributed by atoms with van der Waals surface area (Å²) < 4.78 is 27.4. The summed E-state index contributed by atoms with van der Waals surface area (Å²) in [5.41, 5.74) is 1.06. The van der Waals surface area contributed by atoms with Crippen LogP contribution in [0, 0.1) is 19.8 Å². The fourth-order valence-corrected chi connectivity index (χ4v) is 5.83. The molecule has 0 atom stereocenters. The fraction of sp³-hybridized carbons (Fsp3) is 0.765. The van der Waals surface area contributed by atoms with Crippen molar-refractivity contribution >= 4 is 15.9 Å². The summed E-state index contributed by atoms with van der Waals surface area (Å²) in [6.45, 7) is 5.33. The summed E-state index contributed by atoms with van der Waals surface area (Å²) in [5.74, 6) is 0.702. The van der Waals surface area contributed by atoms with Crippen molar-refractivity contribution in [2.24, 2.45) is 5.92 Å². The molecule has 2 fully saturated rings. The van der Waals surface area contributed by atoms with Gasteiger partial charge in [-0.1, -0.05) is 12.8 Å². The molecule has 1 saturated heterocycles. The number of carbonyl (C=O) groups is 1. The zero-order chi connectivity index (χ0) is 18.0. The maximum atomic E-state index is 13.0. The maximum absolute atomic E-state index is 13.0. The van der Waals surface area contributed by atoms with Crippen molar-refractivity contribution in [3.63, 3.8) is 0 Å². The summed E-state index contributed by atoms with van der Waals surface area (Å²) in [5, 5.41) is 6.75. The lowest BCUT2D eigenvalue weighted by molar-refractivity contribution is -0.132. The summed E-state index contributed by atoms with van der Waals surface area (Å²) in [6, 6.07) is 0. The molecule has 0 bridgehead atoms. The molecule has 0 aromatic carbocycles. The second kappa shape index (κ2) is 7.45. The number of aromatic nitrogens is 2. The molecule has 1 aromatic rings. The molecule has 1 N–H and O–H groups in total. The third kappa shape index (κ3) is 3.89. The number of amides is 1. The molecular formula is C17H28N4O3S. The highest BCUT2D eigenvalue weighted by atomic mass is 32.2. The van der Waals surface area contributed by atoms with Crippen LogP contribution < -0.4 is 0 Å². The van der Waals surface area contributed by atoms with Crippen LogP contribution in [0.3, 0.4) is 0 Å². The smallest absolute Gasteiger partial charge is 0.246 e. The Morgan fingerprint density at radius 1 is 1.12 bits per heavy atom. The largest absolute Gasteiger partial charge is 0.341 e. The second-order valence-electron chi connectivity index (χ2n) is 7.26. The number of aryl methyl sites for hydroxylation is 2. The van der Waals surface area contributed by atoms with Crippen molar-refractivity contribution in [1.82, 2.24) is 19.4 Å². The lowest BCUT2D eigenvalue weighted by Gasteiger charge is -2.23. The van der Waals surface area contributed by atoms with E-state index in [-0.39, 0.29) is 10.8 Å². The van der Waals surface area contributed by atoms with Gasteiger partial charge >= 0.3 is 0 Å². The van der Waals surface area contributed by atoms with Gasteiger partial charge in [-0.15, -0.1) is 0 Å². The molecule has 25 heavy (non-hydrogen) atoms. The first kappa shape index (κ1) is 18.4. The molecule has 0 unspecified atom stereocenters. The van der Waals surface area contributed by atoms with E-state index in [9.17, 15) is 13.2 Å². The van der Waals surface area contributed by atoms with Crippen LogP contribution in [0.15, 0.2) is 4.90 Å². The summed E-state index contributed by atoms with van der Waals surface area (Å²) in [6.07, 6.45) is 6.05. The van der Waals surface area contributed by atoms with Gasteiger partial charge in [0.15, 0.2) is 0 Å². The lowest BCUT2D eigenvalue weighted by Crippen LogP contribution is -2.38. The number of hydrogen-bond donors (Lipinski definition) is 1. The van der Waals surface area contributed by atoms with Crippen LogP contribution in [0.25, 0.3) is 0 Å². The van der Waals surface area contributed by atoms with E-state index in [2.05, 4.69) is 10.2 Å². The van der Waals surface area contributed by atoms with Crippen LogP contribution in [-0.4, -0.2) is 59.9 Å². The molecule has 1 aliphatic heterocycles. The zero-order valence-electron chi connectivity index (χ0n) is 15.1. The zero-order valence-corrected chi connectivity index (χ0v) is 15.9. The van der Waals surface area contributed by atoms with Crippen molar-refractivity contribution in [3.05, 3.63) is 11.4 Å². The van der Waals surface area contributed by atoms with Gasteiger partial charge in [-0.05, 0) is 39.0 Å². The molecule has 1 aliphatic carbocycles. The van der Waals surface area contributed by atoms with Gasteiger partial charge in [-0.3, -0.25) is 9.89 Å². The molecule has 1 aromatic heterocycles. The standard InChI is InChI=1S/C17H28N4O3S/c1-13-17(14(2)19-18-13)25(23,24)21-9-5-8-20(10-11-21)16(22)12-15-6-3-4-7-15/h15H,3-12H2,1-2H3,(H,18,19). The summed E-state index contributed by atoms with van der Waals surface area (Å²) >= 11 is 0. The SMILES string of the molecule is Cc1n[nH]c(C)c1S(=O)(=O)N1CCCN(C(=O)CC2CCCC2)CC1. The molecule has 2 heterocycles. The average Bonchev–Trinajstić information content (AvgIpc) is 3.09. The predicted octanol–water partition coefficient (Wildman–Crippen LogP) is 1.83. The van der Waals surface area contributed by atoms with Crippen LogP contribution in [0.4, 0.5) is 0 Å². The van der Waals surface area contributed by atoms with Crippen LogP contribution in [0.2, 0.25) is 0 Å². The minimum Gasteiger partial charge on any atom is -0.341 e. The number of nitrogens with zero attached hydrogens (tertiary/aromatic N) is 3. The topological polar surface area (TPSA) is 86.4 Å². The third-order valence-corrected chi connectivity index (χ3v) is 7.57. The number of hydrogen-bond acceptors (Lipinski definition) is 4. The predicted molar refractivity (Wildman–Crippen MR) is 94.6 cm³/mol. The summed E-state index contributed by atoms with van der Waals surface area (Å²) in [7, 11) is -3.57. The average molecular weight is 369 g/mol. The van der Waals surface area contributed by atoms with Gasteiger partial charge in [0.1, 0.15) is 4.90 Å². The van der Waals surface area contributed by atoms with E-state index < -0.39 is 10.0 Å². The number of sulfonamides is 1. The first-order valence-corrected chi connectivity index (χ1v) is 10.6. The molecule has 2 aliphatic rings. The fourth-order valence-electron chi connectivity index (χ4n) is 4.02. The van der Waals surface area contributed by atoms with Gasteiger partial charge in [0.05, 0.1) is 11.4 Å². The second-order valence-corrected chi connectivity index (χ2v) is 9.13. The molecule has 7 nitrogen and oxygen atoms in total. The monoisotopic (exact) mass is 368 g/mol. The van der Waals surface area contributed by atoms with E-state index in [1.165, 1.54) is 17.1 Å². The Labute approximate surface area is 149 Å². The molecule has 1 amide bonds. The van der Waals surface area contributed by atoms with E-state index in [1.54, 1.807) is 13.8 Å². The van der Waals surface area contributed by atoms with Gasteiger partial charge in [0, 0.05) is 32.6 Å². The van der Waals surface area contributed by atoms with Crippen LogP contribution in [-0.2, 0) is 14.8 Å². The molecule has 1 saturated carbocycles. The minimum absolute atomic E-state index is 0.182. The lowest BCUT2D eigenvalue weighted by atomic mass is 10.0. The quantitative estimate of drug-likeness (QED) is 0.878. The molecular weight excluding hydrogens is 340 g/mol. The Morgan fingerprint density at radius 2 is 1.84 bits per heavy atom. The van der Waals surface area contributed by atoms with E-state index >= 15 is 0 Å². The first-order chi connectivity index (χ1) is 11.9. The van der Waals surface area contributed by atoms with Crippen molar-refractivity contribution in [3.8, 4) is 0 Å². The molecule has 0 spiro atoms. The van der Waals surface area contributed by atoms with Crippen LogP contribution in [0.1, 0.15) is 49.9 Å². The summed E-state index contributed by atoms with van der Waals surface area (Å²) in [4.78, 5) is 14.7.